The zero-order chi connectivity index (χ0) is 19.1. The van der Waals surface area contributed by atoms with Crippen LogP contribution in [0.3, 0.4) is 0 Å². The monoisotopic (exact) mass is 377 g/mol. The molecule has 0 unspecified atom stereocenters. The molecule has 1 fully saturated rings. The summed E-state index contributed by atoms with van der Waals surface area (Å²) in [6.45, 7) is 2.24. The first-order chi connectivity index (χ1) is 13.7. The van der Waals surface area contributed by atoms with Crippen LogP contribution in [0.5, 0.6) is 5.75 Å². The van der Waals surface area contributed by atoms with Crippen LogP contribution >= 0.6 is 0 Å². The van der Waals surface area contributed by atoms with Gasteiger partial charge in [-0.15, -0.1) is 0 Å². The van der Waals surface area contributed by atoms with E-state index in [4.69, 9.17) is 9.72 Å². The average molecular weight is 377 g/mol. The van der Waals surface area contributed by atoms with Gasteiger partial charge < -0.3 is 19.7 Å². The third-order valence-corrected chi connectivity index (χ3v) is 5.70. The number of methoxy groups -OCH3 is 1. The summed E-state index contributed by atoms with van der Waals surface area (Å²) < 4.78 is 5.35. The lowest BCUT2D eigenvalue weighted by Crippen LogP contribution is -2.34. The maximum Gasteiger partial charge on any atom is 0.159 e. The van der Waals surface area contributed by atoms with Crippen LogP contribution in [0.25, 0.3) is 33.5 Å². The van der Waals surface area contributed by atoms with Gasteiger partial charge in [0.15, 0.2) is 5.82 Å². The second-order valence-corrected chi connectivity index (χ2v) is 7.38. The van der Waals surface area contributed by atoms with Crippen molar-refractivity contribution >= 4 is 27.6 Å². The number of rotatable bonds is 4. The molecule has 7 nitrogen and oxygen atoms in total. The Kier molecular flexibility index (Phi) is 4.16. The molecule has 1 saturated heterocycles. The van der Waals surface area contributed by atoms with E-state index in [0.717, 1.165) is 65.1 Å². The van der Waals surface area contributed by atoms with Gasteiger partial charge >= 0.3 is 0 Å². The fraction of sp³-hybridized carbons (Fsp3) is 0.333. The average Bonchev–Trinajstić information content (AvgIpc) is 3.36. The second kappa shape index (κ2) is 6.83. The van der Waals surface area contributed by atoms with E-state index in [1.807, 2.05) is 18.2 Å². The number of imidazole rings is 1. The zero-order valence-corrected chi connectivity index (χ0v) is 15.8. The number of benzene rings is 2. The molecule has 0 aliphatic carbocycles. The first-order valence-corrected chi connectivity index (χ1v) is 9.63. The first kappa shape index (κ1) is 17.1. The van der Waals surface area contributed by atoms with E-state index in [9.17, 15) is 5.11 Å². The molecule has 0 bridgehead atoms. The van der Waals surface area contributed by atoms with Gasteiger partial charge in [-0.3, -0.25) is 5.10 Å². The van der Waals surface area contributed by atoms with Gasteiger partial charge in [0.05, 0.1) is 23.7 Å². The SMILES string of the molecule is COc1ccc2[nH]nc(-c3nc4ccc(N5CCC(CO)CC5)cc4[nH]3)c2c1. The van der Waals surface area contributed by atoms with Gasteiger partial charge in [0.25, 0.3) is 0 Å². The van der Waals surface area contributed by atoms with Crippen molar-refractivity contribution in [1.29, 1.82) is 0 Å². The van der Waals surface area contributed by atoms with Crippen molar-refractivity contribution < 1.29 is 9.84 Å². The Hall–Kier alpha value is -3.06. The summed E-state index contributed by atoms with van der Waals surface area (Å²) in [5, 5.41) is 17.8. The predicted molar refractivity (Wildman–Crippen MR) is 110 cm³/mol. The van der Waals surface area contributed by atoms with Crippen LogP contribution in [0.15, 0.2) is 36.4 Å². The van der Waals surface area contributed by atoms with Gasteiger partial charge in [0.2, 0.25) is 0 Å². The Morgan fingerprint density at radius 3 is 2.79 bits per heavy atom. The van der Waals surface area contributed by atoms with Crippen molar-refractivity contribution in [1.82, 2.24) is 20.2 Å². The highest BCUT2D eigenvalue weighted by Crippen LogP contribution is 2.31. The molecule has 1 aliphatic heterocycles. The number of anilines is 1. The highest BCUT2D eigenvalue weighted by molar-refractivity contribution is 5.94. The quantitative estimate of drug-likeness (QED) is 0.508. The molecule has 0 amide bonds. The molecule has 3 N–H and O–H groups in total. The molecule has 5 rings (SSSR count). The van der Waals surface area contributed by atoms with Crippen molar-refractivity contribution in [2.45, 2.75) is 12.8 Å². The normalized spacial score (nSPS) is 15.6. The van der Waals surface area contributed by atoms with Crippen LogP contribution in [-0.4, -0.2) is 52.1 Å². The number of aromatic nitrogens is 4. The molecule has 2 aromatic carbocycles. The predicted octanol–water partition coefficient (Wildman–Crippen LogP) is 3.32. The molecule has 2 aromatic heterocycles. The zero-order valence-electron chi connectivity index (χ0n) is 15.8. The van der Waals surface area contributed by atoms with Crippen LogP contribution in [0.4, 0.5) is 5.69 Å². The Morgan fingerprint density at radius 1 is 1.14 bits per heavy atom. The number of nitrogens with zero attached hydrogens (tertiary/aromatic N) is 3. The van der Waals surface area contributed by atoms with Crippen LogP contribution < -0.4 is 9.64 Å². The topological polar surface area (TPSA) is 90.1 Å². The third kappa shape index (κ3) is 2.88. The molecule has 1 aliphatic rings. The summed E-state index contributed by atoms with van der Waals surface area (Å²) in [5.74, 6) is 1.97. The highest BCUT2D eigenvalue weighted by Gasteiger charge is 2.20. The Labute approximate surface area is 162 Å². The number of aliphatic hydroxyl groups excluding tert-OH is 1. The van der Waals surface area contributed by atoms with E-state index in [0.29, 0.717) is 12.5 Å². The lowest BCUT2D eigenvalue weighted by atomic mass is 9.97. The van der Waals surface area contributed by atoms with Crippen LogP contribution in [0.2, 0.25) is 0 Å². The Morgan fingerprint density at radius 2 is 2.00 bits per heavy atom. The van der Waals surface area contributed by atoms with Crippen molar-refractivity contribution in [2.75, 3.05) is 31.7 Å². The molecule has 0 radical (unpaired) electrons. The number of hydrogen-bond donors (Lipinski definition) is 3. The number of H-pyrrole nitrogens is 2. The minimum atomic E-state index is 0.291. The lowest BCUT2D eigenvalue weighted by Gasteiger charge is -2.32. The number of piperidine rings is 1. The fourth-order valence-corrected chi connectivity index (χ4v) is 3.98. The van der Waals surface area contributed by atoms with Crippen molar-refractivity contribution in [2.24, 2.45) is 5.92 Å². The number of ether oxygens (including phenoxy) is 1. The summed E-state index contributed by atoms with van der Waals surface area (Å²) in [6, 6.07) is 12.2. The Bertz CT molecular complexity index is 1120. The van der Waals surface area contributed by atoms with Gasteiger partial charge in [-0.1, -0.05) is 0 Å². The molecule has 28 heavy (non-hydrogen) atoms. The molecule has 0 spiro atoms. The van der Waals surface area contributed by atoms with E-state index in [1.54, 1.807) is 7.11 Å². The van der Waals surface area contributed by atoms with Gasteiger partial charge in [-0.25, -0.2) is 4.98 Å². The maximum atomic E-state index is 9.34. The standard InChI is InChI=1S/C21H23N5O2/c1-28-15-3-5-17-16(11-15)20(25-24-17)21-22-18-4-2-14(10-19(18)23-21)26-8-6-13(12-27)7-9-26/h2-5,10-11,13,27H,6-9,12H2,1H3,(H,22,23)(H,24,25). The van der Waals surface area contributed by atoms with Gasteiger partial charge in [0.1, 0.15) is 11.4 Å². The van der Waals surface area contributed by atoms with Crippen LogP contribution in [0, 0.1) is 5.92 Å². The smallest absolute Gasteiger partial charge is 0.159 e. The number of fused-ring (bicyclic) bond motifs is 2. The molecular formula is C21H23N5O2. The van der Waals surface area contributed by atoms with E-state index in [-0.39, 0.29) is 0 Å². The van der Waals surface area contributed by atoms with Crippen LogP contribution in [-0.2, 0) is 0 Å². The molecule has 3 heterocycles. The number of hydrogen-bond acceptors (Lipinski definition) is 5. The molecule has 0 atom stereocenters. The first-order valence-electron chi connectivity index (χ1n) is 9.63. The molecule has 144 valence electrons. The number of aliphatic hydroxyl groups is 1. The largest absolute Gasteiger partial charge is 0.497 e. The van der Waals surface area contributed by atoms with Crippen molar-refractivity contribution in [3.8, 4) is 17.3 Å². The van der Waals surface area contributed by atoms with E-state index in [2.05, 4.69) is 38.3 Å². The number of aromatic amines is 2. The van der Waals surface area contributed by atoms with Gasteiger partial charge in [-0.2, -0.15) is 5.10 Å². The molecule has 4 aromatic rings. The summed E-state index contributed by atoms with van der Waals surface area (Å²) in [6.07, 6.45) is 2.06. The summed E-state index contributed by atoms with van der Waals surface area (Å²) in [7, 11) is 1.66. The third-order valence-electron chi connectivity index (χ3n) is 5.70. The molecule has 7 heteroatoms. The summed E-state index contributed by atoms with van der Waals surface area (Å²) >= 11 is 0. The lowest BCUT2D eigenvalue weighted by molar-refractivity contribution is 0.203. The minimum Gasteiger partial charge on any atom is -0.497 e. The van der Waals surface area contributed by atoms with E-state index < -0.39 is 0 Å². The van der Waals surface area contributed by atoms with Crippen molar-refractivity contribution in [3.05, 3.63) is 36.4 Å². The molecular weight excluding hydrogens is 354 g/mol. The summed E-state index contributed by atoms with van der Waals surface area (Å²) in [5.41, 5.74) is 4.84. The fourth-order valence-electron chi connectivity index (χ4n) is 3.98. The van der Waals surface area contributed by atoms with E-state index in [1.165, 1.54) is 5.69 Å². The highest BCUT2D eigenvalue weighted by atomic mass is 16.5. The summed E-state index contributed by atoms with van der Waals surface area (Å²) in [4.78, 5) is 10.5. The van der Waals surface area contributed by atoms with E-state index >= 15 is 0 Å². The van der Waals surface area contributed by atoms with Gasteiger partial charge in [0, 0.05) is 30.8 Å². The number of nitrogens with one attached hydrogen (secondary N) is 2. The second-order valence-electron chi connectivity index (χ2n) is 7.38. The van der Waals surface area contributed by atoms with Crippen molar-refractivity contribution in [3.63, 3.8) is 0 Å². The Balaban J connectivity index is 1.49. The van der Waals surface area contributed by atoms with Crippen LogP contribution in [0.1, 0.15) is 12.8 Å². The minimum absolute atomic E-state index is 0.291. The van der Waals surface area contributed by atoms with Gasteiger partial charge in [-0.05, 0) is 55.2 Å². The maximum absolute atomic E-state index is 9.34. The molecule has 0 saturated carbocycles.